The summed E-state index contributed by atoms with van der Waals surface area (Å²) < 4.78 is 5.43. The van der Waals surface area contributed by atoms with E-state index < -0.39 is 0 Å². The molecule has 0 atom stereocenters. The molecule has 2 aromatic carbocycles. The largest absolute Gasteiger partial charge is 0.497 e. The normalized spacial score (nSPS) is 14.8. The van der Waals surface area contributed by atoms with Crippen LogP contribution in [0.1, 0.15) is 48.2 Å². The zero-order chi connectivity index (χ0) is 20.6. The van der Waals surface area contributed by atoms with Crippen LogP contribution in [0, 0.1) is 0 Å². The van der Waals surface area contributed by atoms with E-state index in [0.717, 1.165) is 42.1 Å². The van der Waals surface area contributed by atoms with E-state index >= 15 is 0 Å². The van der Waals surface area contributed by atoms with E-state index in [-0.39, 0.29) is 5.91 Å². The van der Waals surface area contributed by atoms with Gasteiger partial charge in [-0.1, -0.05) is 30.3 Å². The lowest BCUT2D eigenvalue weighted by Crippen LogP contribution is -2.30. The van der Waals surface area contributed by atoms with Crippen molar-refractivity contribution < 1.29 is 9.53 Å². The minimum absolute atomic E-state index is 0.0885. The molecule has 0 bridgehead atoms. The second kappa shape index (κ2) is 10.3. The molecule has 0 aromatic heterocycles. The van der Waals surface area contributed by atoms with Crippen LogP contribution in [0.3, 0.4) is 0 Å². The summed E-state index contributed by atoms with van der Waals surface area (Å²) in [4.78, 5) is 17.0. The number of methoxy groups -OCH3 is 1. The first kappa shape index (κ1) is 21.1. The SMILES string of the molecule is CCN(CC)C(=O)c1ccc(C(=CCN2CCCC2)c2cccc(OC)c2)cc1. The number of likely N-dealkylation sites (tertiary alicyclic amines) is 1. The molecule has 1 fully saturated rings. The van der Waals surface area contributed by atoms with Gasteiger partial charge in [0.15, 0.2) is 0 Å². The molecule has 1 amide bonds. The molecular weight excluding hydrogens is 360 g/mol. The van der Waals surface area contributed by atoms with Crippen molar-refractivity contribution in [3.05, 3.63) is 71.3 Å². The molecular formula is C25H32N2O2. The minimum Gasteiger partial charge on any atom is -0.497 e. The molecule has 2 aromatic rings. The molecule has 0 unspecified atom stereocenters. The quantitative estimate of drug-likeness (QED) is 0.652. The van der Waals surface area contributed by atoms with Crippen LogP contribution in [0.25, 0.3) is 5.57 Å². The zero-order valence-electron chi connectivity index (χ0n) is 17.9. The fraction of sp³-hybridized carbons (Fsp3) is 0.400. The van der Waals surface area contributed by atoms with Gasteiger partial charge in [-0.25, -0.2) is 0 Å². The molecule has 0 saturated carbocycles. The van der Waals surface area contributed by atoms with Gasteiger partial charge in [-0.15, -0.1) is 0 Å². The Balaban J connectivity index is 1.90. The molecule has 0 spiro atoms. The Morgan fingerprint density at radius 2 is 1.66 bits per heavy atom. The maximum atomic E-state index is 12.6. The van der Waals surface area contributed by atoms with Crippen LogP contribution in [0.15, 0.2) is 54.6 Å². The van der Waals surface area contributed by atoms with Crippen molar-refractivity contribution in [2.24, 2.45) is 0 Å². The van der Waals surface area contributed by atoms with Crippen molar-refractivity contribution >= 4 is 11.5 Å². The van der Waals surface area contributed by atoms with Gasteiger partial charge >= 0.3 is 0 Å². The van der Waals surface area contributed by atoms with Crippen molar-refractivity contribution in [3.8, 4) is 5.75 Å². The van der Waals surface area contributed by atoms with Crippen molar-refractivity contribution in [1.29, 1.82) is 0 Å². The first-order valence-corrected chi connectivity index (χ1v) is 10.6. The molecule has 1 aliphatic heterocycles. The summed E-state index contributed by atoms with van der Waals surface area (Å²) in [6.45, 7) is 8.74. The van der Waals surface area contributed by atoms with Gasteiger partial charge < -0.3 is 9.64 Å². The summed E-state index contributed by atoms with van der Waals surface area (Å²) in [6.07, 6.45) is 4.87. The third-order valence-corrected chi connectivity index (χ3v) is 5.63. The lowest BCUT2D eigenvalue weighted by molar-refractivity contribution is 0.0773. The summed E-state index contributed by atoms with van der Waals surface area (Å²) in [5.74, 6) is 0.938. The van der Waals surface area contributed by atoms with Gasteiger partial charge in [0.05, 0.1) is 7.11 Å². The van der Waals surface area contributed by atoms with Crippen LogP contribution >= 0.6 is 0 Å². The highest BCUT2D eigenvalue weighted by molar-refractivity contribution is 5.95. The van der Waals surface area contributed by atoms with Gasteiger partial charge in [0, 0.05) is 25.2 Å². The Kier molecular flexibility index (Phi) is 7.48. The van der Waals surface area contributed by atoms with E-state index in [9.17, 15) is 4.79 Å². The number of carbonyl (C=O) groups is 1. The molecule has 4 heteroatoms. The highest BCUT2D eigenvalue weighted by Gasteiger charge is 2.14. The van der Waals surface area contributed by atoms with Gasteiger partial charge in [0.2, 0.25) is 0 Å². The zero-order valence-corrected chi connectivity index (χ0v) is 17.9. The third-order valence-electron chi connectivity index (χ3n) is 5.63. The molecule has 1 heterocycles. The van der Waals surface area contributed by atoms with E-state index in [1.54, 1.807) is 7.11 Å². The Labute approximate surface area is 174 Å². The van der Waals surface area contributed by atoms with Gasteiger partial charge in [-0.05, 0) is 80.7 Å². The van der Waals surface area contributed by atoms with Crippen molar-refractivity contribution in [2.45, 2.75) is 26.7 Å². The first-order chi connectivity index (χ1) is 14.2. The number of nitrogens with zero attached hydrogens (tertiary/aromatic N) is 2. The van der Waals surface area contributed by atoms with Crippen molar-refractivity contribution in [1.82, 2.24) is 9.80 Å². The van der Waals surface area contributed by atoms with E-state index in [1.165, 1.54) is 31.5 Å². The Bertz CT molecular complexity index is 832. The molecule has 0 aliphatic carbocycles. The number of carbonyl (C=O) groups excluding carboxylic acids is 1. The molecule has 29 heavy (non-hydrogen) atoms. The molecule has 154 valence electrons. The van der Waals surface area contributed by atoms with Gasteiger partial charge in [0.1, 0.15) is 5.75 Å². The predicted molar refractivity (Wildman–Crippen MR) is 119 cm³/mol. The summed E-state index contributed by atoms with van der Waals surface area (Å²) in [5.41, 5.74) is 4.17. The lowest BCUT2D eigenvalue weighted by atomic mass is 9.96. The molecule has 3 rings (SSSR count). The number of hydrogen-bond acceptors (Lipinski definition) is 3. The number of hydrogen-bond donors (Lipinski definition) is 0. The minimum atomic E-state index is 0.0885. The Morgan fingerprint density at radius 1 is 1.00 bits per heavy atom. The third kappa shape index (κ3) is 5.27. The van der Waals surface area contributed by atoms with Crippen LogP contribution in [0.4, 0.5) is 0 Å². The first-order valence-electron chi connectivity index (χ1n) is 10.6. The second-order valence-corrected chi connectivity index (χ2v) is 7.41. The standard InChI is InChI=1S/C25H32N2O2/c1-4-27(5-2)25(28)21-13-11-20(12-14-21)24(15-18-26-16-6-7-17-26)22-9-8-10-23(19-22)29-3/h8-15,19H,4-7,16-18H2,1-3H3. The molecule has 1 saturated heterocycles. The van der Waals surface area contributed by atoms with Crippen LogP contribution in [0.5, 0.6) is 5.75 Å². The summed E-state index contributed by atoms with van der Waals surface area (Å²) in [5, 5.41) is 0. The molecule has 0 N–H and O–H groups in total. The van der Waals surface area contributed by atoms with E-state index in [2.05, 4.69) is 35.2 Å². The Hall–Kier alpha value is -2.59. The van der Waals surface area contributed by atoms with Gasteiger partial charge in [0.25, 0.3) is 5.91 Å². The lowest BCUT2D eigenvalue weighted by Gasteiger charge is -2.19. The number of benzene rings is 2. The van der Waals surface area contributed by atoms with Gasteiger partial charge in [-0.3, -0.25) is 9.69 Å². The molecule has 4 nitrogen and oxygen atoms in total. The van der Waals surface area contributed by atoms with E-state index in [1.807, 2.05) is 43.0 Å². The average molecular weight is 393 g/mol. The summed E-state index contributed by atoms with van der Waals surface area (Å²) in [7, 11) is 1.69. The monoisotopic (exact) mass is 392 g/mol. The van der Waals surface area contributed by atoms with Crippen LogP contribution in [-0.4, -0.2) is 55.5 Å². The summed E-state index contributed by atoms with van der Waals surface area (Å²) >= 11 is 0. The van der Waals surface area contributed by atoms with Crippen molar-refractivity contribution in [2.75, 3.05) is 39.8 Å². The van der Waals surface area contributed by atoms with Gasteiger partial charge in [-0.2, -0.15) is 0 Å². The molecule has 0 radical (unpaired) electrons. The highest BCUT2D eigenvalue weighted by Crippen LogP contribution is 2.27. The van der Waals surface area contributed by atoms with Crippen LogP contribution < -0.4 is 4.74 Å². The smallest absolute Gasteiger partial charge is 0.253 e. The fourth-order valence-corrected chi connectivity index (χ4v) is 3.86. The summed E-state index contributed by atoms with van der Waals surface area (Å²) in [6, 6.07) is 16.2. The van der Waals surface area contributed by atoms with Crippen LogP contribution in [0.2, 0.25) is 0 Å². The second-order valence-electron chi connectivity index (χ2n) is 7.41. The fourth-order valence-electron chi connectivity index (χ4n) is 3.86. The highest BCUT2D eigenvalue weighted by atomic mass is 16.5. The maximum absolute atomic E-state index is 12.6. The number of ether oxygens (including phenoxy) is 1. The predicted octanol–water partition coefficient (Wildman–Crippen LogP) is 4.70. The topological polar surface area (TPSA) is 32.8 Å². The molecule has 1 aliphatic rings. The van der Waals surface area contributed by atoms with Crippen LogP contribution in [-0.2, 0) is 0 Å². The average Bonchev–Trinajstić information content (AvgIpc) is 3.29. The van der Waals surface area contributed by atoms with E-state index in [0.29, 0.717) is 0 Å². The maximum Gasteiger partial charge on any atom is 0.253 e. The van der Waals surface area contributed by atoms with Crippen molar-refractivity contribution in [3.63, 3.8) is 0 Å². The number of amides is 1. The Morgan fingerprint density at radius 3 is 2.28 bits per heavy atom. The number of rotatable bonds is 8. The van der Waals surface area contributed by atoms with E-state index in [4.69, 9.17) is 4.74 Å².